The SMILES string of the molecule is CN(C)CCN(Cc1cccnc1)C(=O)Nc1cccnc1-n1cccn1. The molecule has 0 aromatic carbocycles. The Labute approximate surface area is 158 Å². The van der Waals surface area contributed by atoms with Crippen LogP contribution in [0.4, 0.5) is 10.5 Å². The van der Waals surface area contributed by atoms with Crippen LogP contribution in [0, 0.1) is 0 Å². The van der Waals surface area contributed by atoms with Gasteiger partial charge in [0.1, 0.15) is 0 Å². The lowest BCUT2D eigenvalue weighted by atomic mass is 10.2. The molecule has 0 aliphatic carbocycles. The average Bonchev–Trinajstić information content (AvgIpc) is 3.20. The number of nitrogens with zero attached hydrogens (tertiary/aromatic N) is 6. The van der Waals surface area contributed by atoms with Gasteiger partial charge in [0.2, 0.25) is 0 Å². The maximum Gasteiger partial charge on any atom is 0.322 e. The third kappa shape index (κ3) is 5.11. The zero-order chi connectivity index (χ0) is 19.1. The van der Waals surface area contributed by atoms with Crippen LogP contribution < -0.4 is 5.32 Å². The van der Waals surface area contributed by atoms with Gasteiger partial charge in [0.15, 0.2) is 5.82 Å². The van der Waals surface area contributed by atoms with Gasteiger partial charge in [0.05, 0.1) is 5.69 Å². The first-order valence-corrected chi connectivity index (χ1v) is 8.68. The van der Waals surface area contributed by atoms with Gasteiger partial charge in [0.25, 0.3) is 0 Å². The second-order valence-electron chi connectivity index (χ2n) is 6.34. The molecule has 0 unspecified atom stereocenters. The van der Waals surface area contributed by atoms with E-state index in [1.165, 1.54) is 0 Å². The summed E-state index contributed by atoms with van der Waals surface area (Å²) in [6.45, 7) is 1.82. The molecule has 0 saturated carbocycles. The van der Waals surface area contributed by atoms with Crippen molar-refractivity contribution in [2.45, 2.75) is 6.54 Å². The fourth-order valence-electron chi connectivity index (χ4n) is 2.55. The van der Waals surface area contributed by atoms with Crippen LogP contribution in [0.5, 0.6) is 0 Å². The number of urea groups is 1. The Hall–Kier alpha value is -3.26. The lowest BCUT2D eigenvalue weighted by molar-refractivity contribution is 0.202. The Morgan fingerprint density at radius 2 is 1.96 bits per heavy atom. The van der Waals surface area contributed by atoms with E-state index in [1.807, 2.05) is 43.3 Å². The first-order valence-electron chi connectivity index (χ1n) is 8.68. The number of carbonyl (C=O) groups is 1. The number of aromatic nitrogens is 4. The van der Waals surface area contributed by atoms with Gasteiger partial charge in [0, 0.05) is 50.6 Å². The van der Waals surface area contributed by atoms with Crippen LogP contribution in [-0.2, 0) is 6.54 Å². The number of pyridine rings is 2. The Kier molecular flexibility index (Phi) is 6.11. The lowest BCUT2D eigenvalue weighted by Gasteiger charge is -2.25. The Balaban J connectivity index is 1.78. The molecule has 0 radical (unpaired) electrons. The minimum absolute atomic E-state index is 0.192. The van der Waals surface area contributed by atoms with Gasteiger partial charge in [-0.25, -0.2) is 14.5 Å². The van der Waals surface area contributed by atoms with Crippen LogP contribution in [0.1, 0.15) is 5.56 Å². The van der Waals surface area contributed by atoms with Gasteiger partial charge in [-0.05, 0) is 43.9 Å². The van der Waals surface area contributed by atoms with Crippen molar-refractivity contribution >= 4 is 11.7 Å². The fraction of sp³-hybridized carbons (Fsp3) is 0.263. The molecule has 1 N–H and O–H groups in total. The third-order valence-electron chi connectivity index (χ3n) is 3.95. The fourth-order valence-corrected chi connectivity index (χ4v) is 2.55. The minimum Gasteiger partial charge on any atom is -0.319 e. The second kappa shape index (κ2) is 8.91. The van der Waals surface area contributed by atoms with E-state index in [1.54, 1.807) is 46.6 Å². The summed E-state index contributed by atoms with van der Waals surface area (Å²) in [5.41, 5.74) is 1.58. The Morgan fingerprint density at radius 3 is 2.67 bits per heavy atom. The van der Waals surface area contributed by atoms with Crippen molar-refractivity contribution in [1.29, 1.82) is 0 Å². The summed E-state index contributed by atoms with van der Waals surface area (Å²) in [5.74, 6) is 0.574. The maximum absolute atomic E-state index is 13.0. The molecule has 0 aliphatic heterocycles. The zero-order valence-corrected chi connectivity index (χ0v) is 15.5. The molecule has 2 amide bonds. The summed E-state index contributed by atoms with van der Waals surface area (Å²) in [6, 6.07) is 9.05. The van der Waals surface area contributed by atoms with Crippen molar-refractivity contribution in [3.8, 4) is 5.82 Å². The van der Waals surface area contributed by atoms with Gasteiger partial charge < -0.3 is 15.1 Å². The lowest BCUT2D eigenvalue weighted by Crippen LogP contribution is -2.39. The highest BCUT2D eigenvalue weighted by molar-refractivity contribution is 5.91. The van der Waals surface area contributed by atoms with Crippen LogP contribution in [0.2, 0.25) is 0 Å². The number of hydrogen-bond donors (Lipinski definition) is 1. The van der Waals surface area contributed by atoms with E-state index in [9.17, 15) is 4.79 Å². The van der Waals surface area contributed by atoms with Crippen LogP contribution in [-0.4, -0.2) is 62.8 Å². The smallest absolute Gasteiger partial charge is 0.319 e. The van der Waals surface area contributed by atoms with Gasteiger partial charge in [-0.3, -0.25) is 4.98 Å². The van der Waals surface area contributed by atoms with Crippen LogP contribution in [0.3, 0.4) is 0 Å². The average molecular weight is 365 g/mol. The monoisotopic (exact) mass is 365 g/mol. The molecular formula is C19H23N7O. The molecule has 3 aromatic rings. The molecule has 0 fully saturated rings. The van der Waals surface area contributed by atoms with E-state index >= 15 is 0 Å². The summed E-state index contributed by atoms with van der Waals surface area (Å²) in [4.78, 5) is 25.2. The van der Waals surface area contributed by atoms with E-state index in [0.29, 0.717) is 24.6 Å². The quantitative estimate of drug-likeness (QED) is 0.695. The summed E-state index contributed by atoms with van der Waals surface area (Å²) in [5, 5.41) is 7.17. The Morgan fingerprint density at radius 1 is 1.11 bits per heavy atom. The first-order chi connectivity index (χ1) is 13.1. The number of hydrogen-bond acceptors (Lipinski definition) is 5. The van der Waals surface area contributed by atoms with Gasteiger partial charge >= 0.3 is 6.03 Å². The van der Waals surface area contributed by atoms with E-state index < -0.39 is 0 Å². The van der Waals surface area contributed by atoms with Crippen LogP contribution in [0.25, 0.3) is 5.82 Å². The highest BCUT2D eigenvalue weighted by Crippen LogP contribution is 2.17. The van der Waals surface area contributed by atoms with E-state index in [-0.39, 0.29) is 6.03 Å². The molecule has 0 atom stereocenters. The predicted molar refractivity (Wildman–Crippen MR) is 104 cm³/mol. The van der Waals surface area contributed by atoms with Gasteiger partial charge in [-0.1, -0.05) is 6.07 Å². The molecule has 0 bridgehead atoms. The number of amides is 2. The normalized spacial score (nSPS) is 10.8. The molecule has 3 aromatic heterocycles. The first kappa shape index (κ1) is 18.5. The van der Waals surface area contributed by atoms with Gasteiger partial charge in [-0.15, -0.1) is 0 Å². The number of likely N-dealkylation sites (N-methyl/N-ethyl adjacent to an activating group) is 1. The number of rotatable bonds is 7. The van der Waals surface area contributed by atoms with Crippen LogP contribution in [0.15, 0.2) is 61.3 Å². The van der Waals surface area contributed by atoms with Crippen molar-refractivity contribution < 1.29 is 4.79 Å². The van der Waals surface area contributed by atoms with E-state index in [2.05, 4.69) is 20.4 Å². The summed E-state index contributed by atoms with van der Waals surface area (Å²) < 4.78 is 1.63. The molecule has 0 spiro atoms. The van der Waals surface area contributed by atoms with Crippen molar-refractivity contribution in [3.63, 3.8) is 0 Å². The van der Waals surface area contributed by atoms with Crippen LogP contribution >= 0.6 is 0 Å². The van der Waals surface area contributed by atoms with E-state index in [4.69, 9.17) is 0 Å². The topological polar surface area (TPSA) is 79.2 Å². The number of nitrogens with one attached hydrogen (secondary N) is 1. The van der Waals surface area contributed by atoms with Crippen molar-refractivity contribution in [2.24, 2.45) is 0 Å². The molecular weight excluding hydrogens is 342 g/mol. The largest absolute Gasteiger partial charge is 0.322 e. The standard InChI is InChI=1S/C19H23N7O/c1-24(2)12-13-25(15-16-6-3-8-20-14-16)19(27)23-17-7-4-9-21-18(17)26-11-5-10-22-26/h3-11,14H,12-13,15H2,1-2H3,(H,23,27). The number of carbonyl (C=O) groups excluding carboxylic acids is 1. The zero-order valence-electron chi connectivity index (χ0n) is 15.5. The minimum atomic E-state index is -0.192. The second-order valence-corrected chi connectivity index (χ2v) is 6.34. The molecule has 3 rings (SSSR count). The molecule has 3 heterocycles. The van der Waals surface area contributed by atoms with Gasteiger partial charge in [-0.2, -0.15) is 5.10 Å². The van der Waals surface area contributed by atoms with E-state index in [0.717, 1.165) is 12.1 Å². The Bertz CT molecular complexity index is 850. The third-order valence-corrected chi connectivity index (χ3v) is 3.95. The summed E-state index contributed by atoms with van der Waals surface area (Å²) in [7, 11) is 3.97. The maximum atomic E-state index is 13.0. The highest BCUT2D eigenvalue weighted by atomic mass is 16.2. The van der Waals surface area contributed by atoms with Crippen molar-refractivity contribution in [2.75, 3.05) is 32.5 Å². The molecule has 8 nitrogen and oxygen atoms in total. The summed E-state index contributed by atoms with van der Waals surface area (Å²) >= 11 is 0. The summed E-state index contributed by atoms with van der Waals surface area (Å²) in [6.07, 6.45) is 8.63. The predicted octanol–water partition coefficient (Wildman–Crippen LogP) is 2.26. The highest BCUT2D eigenvalue weighted by Gasteiger charge is 2.17. The molecule has 8 heteroatoms. The molecule has 0 saturated heterocycles. The van der Waals surface area contributed by atoms with Crippen molar-refractivity contribution in [3.05, 3.63) is 66.9 Å². The molecule has 0 aliphatic rings. The molecule has 27 heavy (non-hydrogen) atoms. The molecule has 140 valence electrons. The number of anilines is 1. The van der Waals surface area contributed by atoms with Crippen molar-refractivity contribution in [1.82, 2.24) is 29.5 Å².